The molecule has 17 heteroatoms. The van der Waals surface area contributed by atoms with Crippen LogP contribution < -0.4 is 9.41 Å². The Morgan fingerprint density at radius 3 is 1.54 bits per heavy atom. The highest BCUT2D eigenvalue weighted by Gasteiger charge is 2.22. The quantitative estimate of drug-likeness (QED) is 0.0744. The van der Waals surface area contributed by atoms with Crippen molar-refractivity contribution in [3.05, 3.63) is 204 Å². The highest BCUT2D eigenvalue weighted by molar-refractivity contribution is 9.11. The summed E-state index contributed by atoms with van der Waals surface area (Å²) in [5.74, 6) is 3.40. The second-order valence-corrected chi connectivity index (χ2v) is 16.7. The molecule has 6 aromatic rings. The molecule has 0 saturated carbocycles. The molecule has 8 rings (SSSR count). The fourth-order valence-electron chi connectivity index (χ4n) is 6.05. The molecule has 0 saturated heterocycles. The highest BCUT2D eigenvalue weighted by atomic mass is 79.9. The number of nitrogens with zero attached hydrogens (tertiary/aromatic N) is 1. The van der Waals surface area contributed by atoms with Crippen molar-refractivity contribution in [2.45, 2.75) is 6.92 Å². The van der Waals surface area contributed by atoms with Crippen LogP contribution in [0, 0.1) is 6.92 Å². The molecule has 0 spiro atoms. The van der Waals surface area contributed by atoms with Crippen LogP contribution in [0.3, 0.4) is 0 Å². The van der Waals surface area contributed by atoms with Gasteiger partial charge in [-0.25, -0.2) is 8.99 Å². The molecule has 0 radical (unpaired) electrons. The molecule has 2 aliphatic heterocycles. The third-order valence-corrected chi connectivity index (χ3v) is 10.8. The summed E-state index contributed by atoms with van der Waals surface area (Å²) in [5.41, 5.74) is 10.3. The second-order valence-electron chi connectivity index (χ2n) is 13.0. The minimum Gasteiger partial charge on any atom is -1.00 e. The minimum absolute atomic E-state index is 0. The molecule has 2 aliphatic rings. The van der Waals surface area contributed by atoms with Crippen molar-refractivity contribution in [1.29, 1.82) is 0 Å². The standard InChI is InChI=1S/C28H20Br2NO.C18H13Br2O.2BF3.2FH/c1-31-18-21(26-4-2-3-5-27(26)31)10-15-25-16-22(19-6-11-23(29)12-7-19)17-28(32-25)20-8-13-24(30)14-9-20;1-12-10-15(13-2-6-16(19)7-3-13)11-18(21-12)14-4-8-17(20)9-5-14;2*2-1(3)4;;/h2-18H,1H3;2-11H,1H3;;;2*1H/q2*+1;;;;/p-2. The number of rotatable bonds is 5. The number of ether oxygens (including phenoxy) is 1. The van der Waals surface area contributed by atoms with Crippen molar-refractivity contribution in [2.75, 3.05) is 7.05 Å². The van der Waals surface area contributed by atoms with E-state index in [-0.39, 0.29) is 9.41 Å². The third kappa shape index (κ3) is 16.3. The predicted molar refractivity (Wildman–Crippen MR) is 252 cm³/mol. The van der Waals surface area contributed by atoms with Gasteiger partial charge in [0.05, 0.1) is 29.7 Å². The van der Waals surface area contributed by atoms with Crippen LogP contribution in [0.4, 0.5) is 31.6 Å². The zero-order valence-electron chi connectivity index (χ0n) is 33.0. The van der Waals surface area contributed by atoms with Crippen LogP contribution in [0.25, 0.3) is 39.4 Å². The van der Waals surface area contributed by atoms with Gasteiger partial charge >= 0.3 is 26.6 Å². The van der Waals surface area contributed by atoms with Gasteiger partial charge in [-0.2, -0.15) is 0 Å². The van der Waals surface area contributed by atoms with E-state index < -0.39 is 15.1 Å². The fraction of sp³-hybridized carbons (Fsp3) is 0.0435. The van der Waals surface area contributed by atoms with Crippen molar-refractivity contribution in [2.24, 2.45) is 0 Å². The van der Waals surface area contributed by atoms with E-state index in [2.05, 4.69) is 185 Å². The second kappa shape index (κ2) is 25.5. The average molecular weight is 1120 g/mol. The van der Waals surface area contributed by atoms with Crippen molar-refractivity contribution < 1.29 is 49.0 Å². The molecule has 0 amide bonds. The lowest BCUT2D eigenvalue weighted by atomic mass is 10.0. The first-order valence-electron chi connectivity index (χ1n) is 18.2. The van der Waals surface area contributed by atoms with E-state index in [1.54, 1.807) is 0 Å². The van der Waals surface area contributed by atoms with E-state index in [1.807, 2.05) is 61.5 Å². The van der Waals surface area contributed by atoms with Gasteiger partial charge < -0.3 is 14.1 Å². The first-order valence-corrected chi connectivity index (χ1v) is 21.4. The van der Waals surface area contributed by atoms with E-state index >= 15 is 0 Å². The van der Waals surface area contributed by atoms with Crippen LogP contribution in [0.2, 0.25) is 0 Å². The zero-order chi connectivity index (χ0) is 44.1. The Morgan fingerprint density at radius 1 is 0.556 bits per heavy atom. The van der Waals surface area contributed by atoms with Crippen LogP contribution in [0.1, 0.15) is 22.5 Å². The Labute approximate surface area is 394 Å². The topological polar surface area (TPSA) is 23.5 Å². The van der Waals surface area contributed by atoms with Gasteiger partial charge in [-0.3, -0.25) is 25.9 Å². The Hall–Kier alpha value is -4.83. The molecule has 3 nitrogen and oxygen atoms in total. The van der Waals surface area contributed by atoms with E-state index in [0.29, 0.717) is 0 Å². The van der Waals surface area contributed by atoms with Crippen LogP contribution in [-0.4, -0.2) is 32.9 Å². The van der Waals surface area contributed by atoms with E-state index in [0.717, 1.165) is 74.3 Å². The molecular weight excluding hydrogens is 1090 g/mol. The largest absolute Gasteiger partial charge is 1.00 e. The summed E-state index contributed by atoms with van der Waals surface area (Å²) in [7, 11) is -5.26. The summed E-state index contributed by atoms with van der Waals surface area (Å²) >= 11 is 14.0. The van der Waals surface area contributed by atoms with E-state index in [4.69, 9.17) is 9.15 Å². The lowest BCUT2D eigenvalue weighted by Gasteiger charge is -2.18. The highest BCUT2D eigenvalue weighted by Crippen LogP contribution is 2.35. The monoisotopic (exact) mass is 1120 g/mol. The summed E-state index contributed by atoms with van der Waals surface area (Å²) in [4.78, 5) is 0. The summed E-state index contributed by atoms with van der Waals surface area (Å²) in [6.45, 7) is 1.98. The molecule has 0 unspecified atom stereocenters. The SMILES string of the molecule is C[N+]1=CC(=CC=C2C=C(c3ccc(Br)cc3)C=C(c3ccc(Br)cc3)O2)c2ccccc21.Cc1cc(-c2ccc(Br)cc2)cc(-c2ccc(Br)cc2)[o+]1.FB(F)F.FB(F)F.[F-].[F-]. The van der Waals surface area contributed by atoms with Crippen LogP contribution >= 0.6 is 63.7 Å². The van der Waals surface area contributed by atoms with Crippen molar-refractivity contribution in [3.63, 3.8) is 0 Å². The number of aryl methyl sites for hydroxylation is 1. The zero-order valence-corrected chi connectivity index (χ0v) is 39.4. The number of hydrogen-bond acceptors (Lipinski definition) is 1. The van der Waals surface area contributed by atoms with E-state index in [1.165, 1.54) is 16.8 Å². The molecule has 0 fully saturated rings. The van der Waals surface area contributed by atoms with Crippen molar-refractivity contribution >= 4 is 108 Å². The first-order chi connectivity index (χ1) is 29.1. The van der Waals surface area contributed by atoms with Gasteiger partial charge in [-0.1, -0.05) is 112 Å². The maximum atomic E-state index is 9.67. The molecule has 0 N–H and O–H groups in total. The first kappa shape index (κ1) is 52.5. The molecule has 1 aromatic heterocycles. The van der Waals surface area contributed by atoms with Gasteiger partial charge in [0.2, 0.25) is 5.69 Å². The van der Waals surface area contributed by atoms with Crippen LogP contribution in [-0.2, 0) is 4.74 Å². The third-order valence-electron chi connectivity index (χ3n) is 8.70. The van der Waals surface area contributed by atoms with Gasteiger partial charge in [-0.15, -0.1) is 0 Å². The molecule has 0 atom stereocenters. The van der Waals surface area contributed by atoms with Crippen LogP contribution in [0.15, 0.2) is 186 Å². The van der Waals surface area contributed by atoms with Crippen molar-refractivity contribution in [3.8, 4) is 22.5 Å². The number of fused-ring (bicyclic) bond motifs is 1. The summed E-state index contributed by atoms with van der Waals surface area (Å²) in [6, 6.07) is 45.5. The van der Waals surface area contributed by atoms with Crippen LogP contribution in [0.5, 0.6) is 0 Å². The van der Waals surface area contributed by atoms with Gasteiger partial charge in [0.25, 0.3) is 0 Å². The molecule has 324 valence electrons. The Bertz CT molecular complexity index is 2520. The normalized spacial score (nSPS) is 13.3. The molecule has 0 aliphatic carbocycles. The number of benzene rings is 5. The van der Waals surface area contributed by atoms with E-state index in [9.17, 15) is 25.9 Å². The lowest BCUT2D eigenvalue weighted by Crippen LogP contribution is -3.00. The summed E-state index contributed by atoms with van der Waals surface area (Å²) in [6.07, 6.45) is 10.5. The summed E-state index contributed by atoms with van der Waals surface area (Å²) < 4.78 is 76.6. The fourth-order valence-corrected chi connectivity index (χ4v) is 7.10. The lowest BCUT2D eigenvalue weighted by molar-refractivity contribution is -0.395. The van der Waals surface area contributed by atoms with Gasteiger partial charge in [0, 0.05) is 41.2 Å². The molecule has 5 aromatic carbocycles. The van der Waals surface area contributed by atoms with Gasteiger partial charge in [0.15, 0.2) is 6.21 Å². The van der Waals surface area contributed by atoms with Gasteiger partial charge in [0.1, 0.15) is 18.6 Å². The maximum absolute atomic E-state index is 9.67. The number of para-hydroxylation sites is 1. The van der Waals surface area contributed by atoms with Gasteiger partial charge in [-0.05, 0) is 108 Å². The summed E-state index contributed by atoms with van der Waals surface area (Å²) in [5, 5.41) is 0. The number of halogens is 12. The van der Waals surface area contributed by atoms with Crippen molar-refractivity contribution in [1.82, 2.24) is 0 Å². The Morgan fingerprint density at radius 2 is 1.02 bits per heavy atom. The average Bonchev–Trinajstić information content (AvgIpc) is 3.55. The Kier molecular flexibility index (Phi) is 21.2. The maximum Gasteiger partial charge on any atom is 0.762 e. The molecule has 0 bridgehead atoms. The minimum atomic E-state index is -3.67. The number of allylic oxidation sites excluding steroid dienone is 6. The Balaban J connectivity index is 0.000000294. The molecule has 3 heterocycles. The number of hydrogen-bond donors (Lipinski definition) is 0. The predicted octanol–water partition coefficient (Wildman–Crippen LogP) is 10.5. The molecule has 63 heavy (non-hydrogen) atoms. The molecular formula is C46H33B2Br4F8NO2. The smallest absolute Gasteiger partial charge is 0.762 e.